The number of carbonyl (C=O) groups is 1. The van der Waals surface area contributed by atoms with Crippen LogP contribution in [0.4, 0.5) is 0 Å². The number of hydrogen-bond acceptors (Lipinski definition) is 5. The predicted molar refractivity (Wildman–Crippen MR) is 109 cm³/mol. The van der Waals surface area contributed by atoms with Crippen LogP contribution < -0.4 is 5.32 Å². The van der Waals surface area contributed by atoms with Crippen LogP contribution in [0.2, 0.25) is 0 Å². The number of halogens is 1. The van der Waals surface area contributed by atoms with Crippen molar-refractivity contribution in [2.45, 2.75) is 6.92 Å². The van der Waals surface area contributed by atoms with Crippen molar-refractivity contribution in [1.29, 1.82) is 0 Å². The molecule has 140 valence electrons. The molecule has 4 aromatic rings. The van der Waals surface area contributed by atoms with E-state index in [1.807, 2.05) is 42.5 Å². The summed E-state index contributed by atoms with van der Waals surface area (Å²) in [5, 5.41) is 15.9. The van der Waals surface area contributed by atoms with Gasteiger partial charge in [-0.3, -0.25) is 4.79 Å². The van der Waals surface area contributed by atoms with E-state index in [4.69, 9.17) is 4.52 Å². The lowest BCUT2D eigenvalue weighted by atomic mass is 10.1. The van der Waals surface area contributed by atoms with E-state index in [0.29, 0.717) is 18.0 Å². The number of rotatable bonds is 5. The standard InChI is InChI=1S/C20H16BrN5O2/c1-3-10-22-20(27)18-12(2)26(25-23-18)15-8-9-17-16(11-15)19(28-24-17)13-4-6-14(21)7-5-13/h3-9,11H,1,10H2,2H3,(H,22,27). The topological polar surface area (TPSA) is 85.8 Å². The maximum atomic E-state index is 12.2. The number of nitrogens with one attached hydrogen (secondary N) is 1. The number of carbonyl (C=O) groups excluding carboxylic acids is 1. The van der Waals surface area contributed by atoms with E-state index in [1.165, 1.54) is 0 Å². The molecule has 2 heterocycles. The molecule has 0 atom stereocenters. The Morgan fingerprint density at radius 2 is 2.07 bits per heavy atom. The molecule has 2 aromatic heterocycles. The lowest BCUT2D eigenvalue weighted by Crippen LogP contribution is -2.24. The van der Waals surface area contributed by atoms with Gasteiger partial charge >= 0.3 is 0 Å². The number of amides is 1. The number of benzene rings is 2. The molecular weight excluding hydrogens is 422 g/mol. The largest absolute Gasteiger partial charge is 0.355 e. The van der Waals surface area contributed by atoms with Crippen molar-refractivity contribution in [2.24, 2.45) is 0 Å². The van der Waals surface area contributed by atoms with Gasteiger partial charge in [-0.15, -0.1) is 11.7 Å². The van der Waals surface area contributed by atoms with Crippen LogP contribution in [0.15, 0.2) is 64.1 Å². The second kappa shape index (κ2) is 7.40. The first kappa shape index (κ1) is 18.1. The molecule has 1 N–H and O–H groups in total. The van der Waals surface area contributed by atoms with Gasteiger partial charge in [0.1, 0.15) is 5.52 Å². The van der Waals surface area contributed by atoms with Gasteiger partial charge in [-0.2, -0.15) is 0 Å². The molecular formula is C20H16BrN5O2. The average Bonchev–Trinajstić information content (AvgIpc) is 3.30. The molecule has 2 aromatic carbocycles. The highest BCUT2D eigenvalue weighted by molar-refractivity contribution is 9.10. The summed E-state index contributed by atoms with van der Waals surface area (Å²) in [6.07, 6.45) is 1.61. The minimum absolute atomic E-state index is 0.278. The van der Waals surface area contributed by atoms with Crippen LogP contribution >= 0.6 is 15.9 Å². The Kier molecular flexibility index (Phi) is 4.79. The van der Waals surface area contributed by atoms with Gasteiger partial charge in [0.2, 0.25) is 0 Å². The van der Waals surface area contributed by atoms with Crippen LogP contribution in [-0.4, -0.2) is 32.6 Å². The van der Waals surface area contributed by atoms with E-state index >= 15 is 0 Å². The third-order valence-electron chi connectivity index (χ3n) is 4.33. The third-order valence-corrected chi connectivity index (χ3v) is 4.86. The molecule has 0 bridgehead atoms. The molecule has 0 spiro atoms. The van der Waals surface area contributed by atoms with Crippen LogP contribution in [0.3, 0.4) is 0 Å². The summed E-state index contributed by atoms with van der Waals surface area (Å²) in [5.41, 5.74) is 3.34. The number of nitrogens with zero attached hydrogens (tertiary/aromatic N) is 4. The zero-order valence-corrected chi connectivity index (χ0v) is 16.6. The van der Waals surface area contributed by atoms with Crippen molar-refractivity contribution in [3.05, 3.63) is 71.0 Å². The molecule has 0 aliphatic rings. The fourth-order valence-electron chi connectivity index (χ4n) is 2.90. The molecule has 1 amide bonds. The Hall–Kier alpha value is -3.26. The molecule has 7 nitrogen and oxygen atoms in total. The van der Waals surface area contributed by atoms with Crippen molar-refractivity contribution >= 4 is 32.7 Å². The third kappa shape index (κ3) is 3.22. The van der Waals surface area contributed by atoms with E-state index in [1.54, 1.807) is 17.7 Å². The highest BCUT2D eigenvalue weighted by atomic mass is 79.9. The van der Waals surface area contributed by atoms with Crippen molar-refractivity contribution in [2.75, 3.05) is 6.54 Å². The van der Waals surface area contributed by atoms with Crippen LogP contribution in [-0.2, 0) is 0 Å². The fourth-order valence-corrected chi connectivity index (χ4v) is 3.17. The van der Waals surface area contributed by atoms with Crippen molar-refractivity contribution < 1.29 is 9.32 Å². The molecule has 0 radical (unpaired) electrons. The van der Waals surface area contributed by atoms with E-state index in [9.17, 15) is 4.79 Å². The zero-order chi connectivity index (χ0) is 19.7. The molecule has 0 unspecified atom stereocenters. The van der Waals surface area contributed by atoms with Crippen molar-refractivity contribution in [3.63, 3.8) is 0 Å². The second-order valence-corrected chi connectivity index (χ2v) is 7.07. The monoisotopic (exact) mass is 437 g/mol. The highest BCUT2D eigenvalue weighted by Crippen LogP contribution is 2.31. The lowest BCUT2D eigenvalue weighted by molar-refractivity contribution is 0.0952. The summed E-state index contributed by atoms with van der Waals surface area (Å²) in [6, 6.07) is 13.5. The van der Waals surface area contributed by atoms with Gasteiger partial charge in [-0.25, -0.2) is 4.68 Å². The highest BCUT2D eigenvalue weighted by Gasteiger charge is 2.18. The summed E-state index contributed by atoms with van der Waals surface area (Å²) in [5.74, 6) is 0.385. The number of aromatic nitrogens is 4. The molecule has 0 aliphatic carbocycles. The fraction of sp³-hybridized carbons (Fsp3) is 0.100. The van der Waals surface area contributed by atoms with Gasteiger partial charge in [0.15, 0.2) is 11.5 Å². The maximum absolute atomic E-state index is 12.2. The minimum atomic E-state index is -0.287. The second-order valence-electron chi connectivity index (χ2n) is 6.15. The lowest BCUT2D eigenvalue weighted by Gasteiger charge is -2.04. The maximum Gasteiger partial charge on any atom is 0.274 e. The van der Waals surface area contributed by atoms with E-state index < -0.39 is 0 Å². The first-order valence-electron chi connectivity index (χ1n) is 8.55. The molecule has 4 rings (SSSR count). The van der Waals surface area contributed by atoms with E-state index in [-0.39, 0.29) is 11.6 Å². The first-order chi connectivity index (χ1) is 13.6. The van der Waals surface area contributed by atoms with Crippen LogP contribution in [0, 0.1) is 6.92 Å². The van der Waals surface area contributed by atoms with Crippen molar-refractivity contribution in [3.8, 4) is 17.0 Å². The summed E-state index contributed by atoms with van der Waals surface area (Å²) < 4.78 is 8.18. The van der Waals surface area contributed by atoms with Gasteiger partial charge in [0, 0.05) is 16.6 Å². The first-order valence-corrected chi connectivity index (χ1v) is 9.35. The SMILES string of the molecule is C=CCNC(=O)c1nnn(-c2ccc3noc(-c4ccc(Br)cc4)c3c2)c1C. The number of fused-ring (bicyclic) bond motifs is 1. The smallest absolute Gasteiger partial charge is 0.274 e. The number of hydrogen-bond donors (Lipinski definition) is 1. The Bertz CT molecular complexity index is 1180. The molecule has 8 heteroatoms. The van der Waals surface area contributed by atoms with Gasteiger partial charge in [0.25, 0.3) is 5.91 Å². The summed E-state index contributed by atoms with van der Waals surface area (Å²) in [6.45, 7) is 5.76. The normalized spacial score (nSPS) is 10.9. The molecule has 28 heavy (non-hydrogen) atoms. The summed E-state index contributed by atoms with van der Waals surface area (Å²) in [4.78, 5) is 12.2. The Labute approximate surface area is 169 Å². The van der Waals surface area contributed by atoms with Crippen molar-refractivity contribution in [1.82, 2.24) is 25.5 Å². The van der Waals surface area contributed by atoms with E-state index in [2.05, 4.69) is 43.3 Å². The zero-order valence-electron chi connectivity index (χ0n) is 15.0. The Balaban J connectivity index is 1.75. The predicted octanol–water partition coefficient (Wildman–Crippen LogP) is 4.06. The van der Waals surface area contributed by atoms with Gasteiger partial charge in [-0.05, 0) is 49.4 Å². The van der Waals surface area contributed by atoms with E-state index in [0.717, 1.165) is 26.6 Å². The van der Waals surface area contributed by atoms with Crippen LogP contribution in [0.5, 0.6) is 0 Å². The van der Waals surface area contributed by atoms with Gasteiger partial charge in [0.05, 0.1) is 16.8 Å². The molecule has 0 fully saturated rings. The summed E-state index contributed by atoms with van der Waals surface area (Å²) in [7, 11) is 0. The Morgan fingerprint density at radius 3 is 2.82 bits per heavy atom. The van der Waals surface area contributed by atoms with Crippen LogP contribution in [0.25, 0.3) is 27.9 Å². The van der Waals surface area contributed by atoms with Gasteiger partial charge < -0.3 is 9.84 Å². The minimum Gasteiger partial charge on any atom is -0.355 e. The molecule has 0 saturated carbocycles. The van der Waals surface area contributed by atoms with Gasteiger partial charge in [-0.1, -0.05) is 32.4 Å². The Morgan fingerprint density at radius 1 is 1.29 bits per heavy atom. The van der Waals surface area contributed by atoms with Crippen LogP contribution in [0.1, 0.15) is 16.2 Å². The quantitative estimate of drug-likeness (QED) is 0.475. The molecule has 0 saturated heterocycles. The average molecular weight is 438 g/mol. The summed E-state index contributed by atoms with van der Waals surface area (Å²) >= 11 is 3.44. The molecule has 0 aliphatic heterocycles.